The maximum atomic E-state index is 11.7. The van der Waals surface area contributed by atoms with E-state index in [9.17, 15) is 9.59 Å². The zero-order valence-corrected chi connectivity index (χ0v) is 22.9. The molecule has 0 aromatic carbocycles. The van der Waals surface area contributed by atoms with E-state index in [1.165, 1.54) is 12.8 Å². The van der Waals surface area contributed by atoms with E-state index in [4.69, 9.17) is 14.2 Å². The van der Waals surface area contributed by atoms with Crippen molar-refractivity contribution < 1.29 is 23.8 Å². The van der Waals surface area contributed by atoms with Gasteiger partial charge in [0.25, 0.3) is 0 Å². The molecule has 5 heteroatoms. The lowest BCUT2D eigenvalue weighted by Crippen LogP contribution is -2.40. The highest BCUT2D eigenvalue weighted by Crippen LogP contribution is 2.55. The quantitative estimate of drug-likeness (QED) is 0.414. The summed E-state index contributed by atoms with van der Waals surface area (Å²) in [7, 11) is 0. The van der Waals surface area contributed by atoms with Crippen molar-refractivity contribution in [1.82, 2.24) is 0 Å². The van der Waals surface area contributed by atoms with Gasteiger partial charge in [-0.3, -0.25) is 9.59 Å². The van der Waals surface area contributed by atoms with Crippen LogP contribution in [0, 0.1) is 35.5 Å². The van der Waals surface area contributed by atoms with Gasteiger partial charge < -0.3 is 14.2 Å². The van der Waals surface area contributed by atoms with Crippen molar-refractivity contribution in [3.05, 3.63) is 0 Å². The summed E-state index contributed by atoms with van der Waals surface area (Å²) in [5, 5.41) is 0. The Morgan fingerprint density at radius 1 is 0.879 bits per heavy atom. The maximum absolute atomic E-state index is 11.7. The van der Waals surface area contributed by atoms with E-state index in [0.717, 1.165) is 31.6 Å². The molecule has 3 rings (SSSR count). The molecule has 0 spiro atoms. The summed E-state index contributed by atoms with van der Waals surface area (Å²) in [6.07, 6.45) is 6.58. The number of fused-ring (bicyclic) bond motifs is 2. The standard InChI is InChI=1S/C14H24O3.C14H26O2/c1-9(2)12(15)16-11-8-14(10(3)4)7-6-13(11,5)17-14;1-9(2)12-7-6-11(5)13(8-12)16-14(15)10(3)4/h9-11H,6-8H2,1-5H3;9-13H,6-8H2,1-5H3. The molecule has 0 amide bonds. The average molecular weight is 467 g/mol. The lowest BCUT2D eigenvalue weighted by Gasteiger charge is -2.36. The second-order valence-electron chi connectivity index (χ2n) is 12.3. The van der Waals surface area contributed by atoms with Gasteiger partial charge in [-0.1, -0.05) is 62.3 Å². The van der Waals surface area contributed by atoms with E-state index in [0.29, 0.717) is 17.8 Å². The fourth-order valence-corrected chi connectivity index (χ4v) is 5.38. The minimum atomic E-state index is -0.255. The third-order valence-electron chi connectivity index (χ3n) is 8.32. The molecule has 33 heavy (non-hydrogen) atoms. The van der Waals surface area contributed by atoms with Gasteiger partial charge in [-0.05, 0) is 62.7 Å². The minimum absolute atomic E-state index is 0.00775. The molecule has 2 bridgehead atoms. The van der Waals surface area contributed by atoms with Crippen LogP contribution < -0.4 is 0 Å². The Bertz CT molecular complexity index is 669. The molecular formula is C28H50O5. The molecule has 0 aromatic rings. The third kappa shape index (κ3) is 6.74. The van der Waals surface area contributed by atoms with Crippen molar-refractivity contribution in [2.24, 2.45) is 35.5 Å². The lowest BCUT2D eigenvalue weighted by molar-refractivity contribution is -0.161. The van der Waals surface area contributed by atoms with Gasteiger partial charge in [-0.25, -0.2) is 0 Å². The van der Waals surface area contributed by atoms with Crippen LogP contribution in [0.4, 0.5) is 0 Å². The van der Waals surface area contributed by atoms with E-state index < -0.39 is 0 Å². The Morgan fingerprint density at radius 3 is 1.94 bits per heavy atom. The number of hydrogen-bond donors (Lipinski definition) is 0. The Balaban J connectivity index is 0.000000234. The highest BCUT2D eigenvalue weighted by Gasteiger charge is 2.61. The molecule has 192 valence electrons. The van der Waals surface area contributed by atoms with Crippen LogP contribution in [0.2, 0.25) is 0 Å². The van der Waals surface area contributed by atoms with Crippen molar-refractivity contribution >= 4 is 11.9 Å². The van der Waals surface area contributed by atoms with E-state index in [1.54, 1.807) is 0 Å². The van der Waals surface area contributed by atoms with Crippen LogP contribution >= 0.6 is 0 Å². The van der Waals surface area contributed by atoms with Crippen molar-refractivity contribution in [3.63, 3.8) is 0 Å². The first-order valence-electron chi connectivity index (χ1n) is 13.3. The first-order chi connectivity index (χ1) is 15.2. The van der Waals surface area contributed by atoms with Crippen molar-refractivity contribution in [3.8, 4) is 0 Å². The van der Waals surface area contributed by atoms with Crippen LogP contribution in [0.3, 0.4) is 0 Å². The fraction of sp³-hybridized carbons (Fsp3) is 0.929. The number of esters is 2. The summed E-state index contributed by atoms with van der Waals surface area (Å²) in [5.41, 5.74) is -0.314. The number of carbonyl (C=O) groups is 2. The highest BCUT2D eigenvalue weighted by molar-refractivity contribution is 5.72. The van der Waals surface area contributed by atoms with Crippen LogP contribution in [-0.4, -0.2) is 35.3 Å². The Labute approximate surface area is 202 Å². The van der Waals surface area contributed by atoms with E-state index >= 15 is 0 Å². The second kappa shape index (κ2) is 11.1. The van der Waals surface area contributed by atoms with E-state index in [-0.39, 0.29) is 47.2 Å². The molecule has 6 atom stereocenters. The van der Waals surface area contributed by atoms with Gasteiger partial charge >= 0.3 is 11.9 Å². The second-order valence-corrected chi connectivity index (χ2v) is 12.3. The molecule has 2 heterocycles. The largest absolute Gasteiger partial charge is 0.462 e. The van der Waals surface area contributed by atoms with Crippen molar-refractivity contribution in [2.75, 3.05) is 0 Å². The molecule has 2 aliphatic heterocycles. The first kappa shape index (κ1) is 28.1. The van der Waals surface area contributed by atoms with Crippen LogP contribution in [-0.2, 0) is 23.8 Å². The number of rotatable bonds is 6. The van der Waals surface area contributed by atoms with E-state index in [2.05, 4.69) is 41.5 Å². The minimum Gasteiger partial charge on any atom is -0.462 e. The third-order valence-corrected chi connectivity index (χ3v) is 8.32. The Hall–Kier alpha value is -1.10. The SMILES string of the molecule is CC(C)C(=O)OC1CC(C(C)C)CCC1C.CC(C)C(=O)OC1CC2(C(C)C)CCC1(C)O2. The molecule has 5 nitrogen and oxygen atoms in total. The van der Waals surface area contributed by atoms with Gasteiger partial charge in [-0.15, -0.1) is 0 Å². The summed E-state index contributed by atoms with van der Waals surface area (Å²) < 4.78 is 17.5. The summed E-state index contributed by atoms with van der Waals surface area (Å²) in [5.74, 6) is 2.21. The predicted octanol–water partition coefficient (Wildman–Crippen LogP) is 6.57. The van der Waals surface area contributed by atoms with Crippen molar-refractivity contribution in [1.29, 1.82) is 0 Å². The van der Waals surface area contributed by atoms with Crippen LogP contribution in [0.5, 0.6) is 0 Å². The fourth-order valence-electron chi connectivity index (χ4n) is 5.38. The van der Waals surface area contributed by atoms with Gasteiger partial charge in [-0.2, -0.15) is 0 Å². The Kier molecular flexibility index (Phi) is 9.46. The first-order valence-corrected chi connectivity index (χ1v) is 13.3. The lowest BCUT2D eigenvalue weighted by atomic mass is 9.75. The average Bonchev–Trinajstić information content (AvgIpc) is 3.22. The molecule has 0 radical (unpaired) electrons. The van der Waals surface area contributed by atoms with Crippen LogP contribution in [0.25, 0.3) is 0 Å². The highest BCUT2D eigenvalue weighted by atomic mass is 16.6. The van der Waals surface area contributed by atoms with Gasteiger partial charge in [0.15, 0.2) is 0 Å². The zero-order valence-electron chi connectivity index (χ0n) is 22.9. The topological polar surface area (TPSA) is 61.8 Å². The van der Waals surface area contributed by atoms with Gasteiger partial charge in [0, 0.05) is 6.42 Å². The molecule has 1 saturated carbocycles. The molecule has 2 saturated heterocycles. The Morgan fingerprint density at radius 2 is 1.45 bits per heavy atom. The molecule has 3 aliphatic rings. The molecule has 6 unspecified atom stereocenters. The number of carbonyl (C=O) groups excluding carboxylic acids is 2. The van der Waals surface area contributed by atoms with Gasteiger partial charge in [0.2, 0.25) is 0 Å². The van der Waals surface area contributed by atoms with Crippen molar-refractivity contribution in [2.45, 2.75) is 131 Å². The normalized spacial score (nSPS) is 35.7. The summed E-state index contributed by atoms with van der Waals surface area (Å²) in [4.78, 5) is 23.3. The molecule has 1 aliphatic carbocycles. The van der Waals surface area contributed by atoms with Crippen LogP contribution in [0.1, 0.15) is 108 Å². The monoisotopic (exact) mass is 466 g/mol. The molecular weight excluding hydrogens is 416 g/mol. The number of hydrogen-bond acceptors (Lipinski definition) is 5. The number of ether oxygens (including phenoxy) is 3. The maximum Gasteiger partial charge on any atom is 0.308 e. The van der Waals surface area contributed by atoms with Gasteiger partial charge in [0.1, 0.15) is 17.8 Å². The summed E-state index contributed by atoms with van der Waals surface area (Å²) >= 11 is 0. The van der Waals surface area contributed by atoms with Gasteiger partial charge in [0.05, 0.1) is 17.4 Å². The van der Waals surface area contributed by atoms with Crippen LogP contribution in [0.15, 0.2) is 0 Å². The molecule has 3 fully saturated rings. The zero-order chi connectivity index (χ0) is 25.1. The van der Waals surface area contributed by atoms with E-state index in [1.807, 2.05) is 27.7 Å². The predicted molar refractivity (Wildman–Crippen MR) is 132 cm³/mol. The smallest absolute Gasteiger partial charge is 0.308 e. The molecule has 0 aromatic heterocycles. The summed E-state index contributed by atoms with van der Waals surface area (Å²) in [6, 6.07) is 0. The molecule has 0 N–H and O–H groups in total. The summed E-state index contributed by atoms with van der Waals surface area (Å²) in [6.45, 7) is 20.7.